The van der Waals surface area contributed by atoms with Gasteiger partial charge in [-0.1, -0.05) is 6.08 Å². The summed E-state index contributed by atoms with van der Waals surface area (Å²) in [5.74, 6) is 1.32. The molecule has 0 bridgehead atoms. The third kappa shape index (κ3) is 5.25. The van der Waals surface area contributed by atoms with Crippen molar-refractivity contribution in [2.45, 2.75) is 50.5 Å². The minimum absolute atomic E-state index is 0.0629. The third-order valence-electron chi connectivity index (χ3n) is 5.57. The Morgan fingerprint density at radius 2 is 2.29 bits per heavy atom. The molecule has 166 valence electrons. The molecule has 2 atom stereocenters. The van der Waals surface area contributed by atoms with Crippen molar-refractivity contribution >= 4 is 29.4 Å². The van der Waals surface area contributed by atoms with Gasteiger partial charge in [-0.3, -0.25) is 9.59 Å². The van der Waals surface area contributed by atoms with Crippen molar-refractivity contribution in [1.29, 1.82) is 0 Å². The van der Waals surface area contributed by atoms with Gasteiger partial charge in [-0.25, -0.2) is 4.31 Å². The lowest BCUT2D eigenvalue weighted by Crippen LogP contribution is -2.40. The summed E-state index contributed by atoms with van der Waals surface area (Å²) in [5.41, 5.74) is 1.58. The molecule has 0 saturated carbocycles. The van der Waals surface area contributed by atoms with Crippen LogP contribution in [0, 0.1) is 5.92 Å². The molecule has 2 amide bonds. The number of nitrogens with one attached hydrogen (secondary N) is 2. The molecule has 3 aliphatic rings. The fourth-order valence-corrected chi connectivity index (χ4v) is 5.01. The molecule has 2 heterocycles. The number of benzene rings is 1. The van der Waals surface area contributed by atoms with Gasteiger partial charge < -0.3 is 20.1 Å². The number of hydrogen-bond acceptors (Lipinski definition) is 6. The van der Waals surface area contributed by atoms with Crippen molar-refractivity contribution in [3.8, 4) is 5.75 Å². The van der Waals surface area contributed by atoms with Gasteiger partial charge in [-0.05, 0) is 75.8 Å². The number of anilines is 1. The molecule has 1 fully saturated rings. The van der Waals surface area contributed by atoms with E-state index in [1.165, 1.54) is 0 Å². The first kappa shape index (κ1) is 21.8. The Labute approximate surface area is 187 Å². The Balaban J connectivity index is 1.38. The zero-order valence-corrected chi connectivity index (χ0v) is 18.8. The SMILES string of the molecule is CCOC1=C(NC(=O)[C@H]2CCCN(Sc3ccc4c(c3)NC(=O)C(C)O4)C2)CCC=C1. The summed E-state index contributed by atoms with van der Waals surface area (Å²) in [5, 5.41) is 6.01. The molecule has 0 radical (unpaired) electrons. The van der Waals surface area contributed by atoms with Crippen LogP contribution in [0.1, 0.15) is 39.5 Å². The number of carbonyl (C=O) groups is 2. The molecule has 7 nitrogen and oxygen atoms in total. The van der Waals surface area contributed by atoms with Crippen LogP contribution in [0.4, 0.5) is 5.69 Å². The predicted octanol–water partition coefficient (Wildman–Crippen LogP) is 3.84. The second kappa shape index (κ2) is 9.78. The molecule has 1 aromatic rings. The smallest absolute Gasteiger partial charge is 0.265 e. The van der Waals surface area contributed by atoms with Gasteiger partial charge in [0.2, 0.25) is 5.91 Å². The Kier molecular flexibility index (Phi) is 6.87. The third-order valence-corrected chi connectivity index (χ3v) is 6.63. The van der Waals surface area contributed by atoms with E-state index in [9.17, 15) is 9.59 Å². The molecule has 0 spiro atoms. The molecular formula is C23H29N3O4S. The van der Waals surface area contributed by atoms with Crippen LogP contribution in [-0.4, -0.2) is 41.9 Å². The minimum atomic E-state index is -0.481. The van der Waals surface area contributed by atoms with Crippen LogP contribution in [0.25, 0.3) is 0 Å². The van der Waals surface area contributed by atoms with Gasteiger partial charge in [0, 0.05) is 18.0 Å². The van der Waals surface area contributed by atoms with Gasteiger partial charge in [-0.2, -0.15) is 0 Å². The number of fused-ring (bicyclic) bond motifs is 1. The second-order valence-corrected chi connectivity index (χ2v) is 9.10. The fourth-order valence-electron chi connectivity index (χ4n) is 3.94. The molecule has 8 heteroatoms. The fraction of sp³-hybridized carbons (Fsp3) is 0.478. The number of nitrogens with zero attached hydrogens (tertiary/aromatic N) is 1. The summed E-state index contributed by atoms with van der Waals surface area (Å²) in [6.45, 7) is 5.86. The van der Waals surface area contributed by atoms with Crippen LogP contribution < -0.4 is 15.4 Å². The summed E-state index contributed by atoms with van der Waals surface area (Å²) >= 11 is 1.61. The lowest BCUT2D eigenvalue weighted by molar-refractivity contribution is -0.125. The average Bonchev–Trinajstić information content (AvgIpc) is 2.76. The summed E-state index contributed by atoms with van der Waals surface area (Å²) in [7, 11) is 0. The number of amides is 2. The van der Waals surface area contributed by atoms with E-state index >= 15 is 0 Å². The van der Waals surface area contributed by atoms with Crippen molar-refractivity contribution in [1.82, 2.24) is 9.62 Å². The lowest BCUT2D eigenvalue weighted by Gasteiger charge is -2.31. The second-order valence-electron chi connectivity index (χ2n) is 7.93. The normalized spacial score (nSPS) is 23.6. The van der Waals surface area contributed by atoms with E-state index < -0.39 is 6.10 Å². The first-order valence-corrected chi connectivity index (χ1v) is 11.7. The predicted molar refractivity (Wildman–Crippen MR) is 120 cm³/mol. The standard InChI is InChI=1S/C23H29N3O4S/c1-3-29-20-9-5-4-8-18(20)24-23(28)16-7-6-12-26(14-16)31-17-10-11-21-19(13-17)25-22(27)15(2)30-21/h5,9-11,13,15-16H,3-4,6-8,12,14H2,1-2H3,(H,24,28)(H,25,27)/t15?,16-/m0/s1. The first-order chi connectivity index (χ1) is 15.0. The molecule has 0 aromatic heterocycles. The number of ether oxygens (including phenoxy) is 2. The van der Waals surface area contributed by atoms with E-state index in [1.54, 1.807) is 18.9 Å². The van der Waals surface area contributed by atoms with Gasteiger partial charge in [0.05, 0.1) is 23.9 Å². The summed E-state index contributed by atoms with van der Waals surface area (Å²) in [6, 6.07) is 5.81. The van der Waals surface area contributed by atoms with Crippen molar-refractivity contribution in [3.63, 3.8) is 0 Å². The molecule has 4 rings (SSSR count). The highest BCUT2D eigenvalue weighted by Crippen LogP contribution is 2.36. The average molecular weight is 444 g/mol. The topological polar surface area (TPSA) is 79.9 Å². The number of rotatable bonds is 6. The Morgan fingerprint density at radius 3 is 3.13 bits per heavy atom. The highest BCUT2D eigenvalue weighted by molar-refractivity contribution is 7.97. The van der Waals surface area contributed by atoms with Crippen molar-refractivity contribution in [3.05, 3.63) is 41.8 Å². The Hall–Kier alpha value is -2.45. The van der Waals surface area contributed by atoms with Gasteiger partial charge in [0.1, 0.15) is 11.5 Å². The van der Waals surface area contributed by atoms with E-state index in [2.05, 4.69) is 21.0 Å². The van der Waals surface area contributed by atoms with E-state index in [0.717, 1.165) is 48.6 Å². The summed E-state index contributed by atoms with van der Waals surface area (Å²) in [6.07, 6.45) is 7.09. The summed E-state index contributed by atoms with van der Waals surface area (Å²) in [4.78, 5) is 25.8. The molecule has 31 heavy (non-hydrogen) atoms. The van der Waals surface area contributed by atoms with Crippen LogP contribution in [-0.2, 0) is 14.3 Å². The Morgan fingerprint density at radius 1 is 1.42 bits per heavy atom. The van der Waals surface area contributed by atoms with Crippen molar-refractivity contribution < 1.29 is 19.1 Å². The Bertz CT molecular complexity index is 914. The van der Waals surface area contributed by atoms with Crippen molar-refractivity contribution in [2.24, 2.45) is 5.92 Å². The van der Waals surface area contributed by atoms with Crippen molar-refractivity contribution in [2.75, 3.05) is 25.0 Å². The lowest BCUT2D eigenvalue weighted by atomic mass is 9.98. The zero-order chi connectivity index (χ0) is 21.8. The van der Waals surface area contributed by atoms with Crippen LogP contribution in [0.15, 0.2) is 46.7 Å². The maximum Gasteiger partial charge on any atom is 0.265 e. The van der Waals surface area contributed by atoms with E-state index in [-0.39, 0.29) is 17.7 Å². The maximum absolute atomic E-state index is 12.9. The first-order valence-electron chi connectivity index (χ1n) is 10.9. The molecule has 2 N–H and O–H groups in total. The largest absolute Gasteiger partial charge is 0.492 e. The van der Waals surface area contributed by atoms with Crippen LogP contribution in [0.3, 0.4) is 0 Å². The molecular weight excluding hydrogens is 414 g/mol. The van der Waals surface area contributed by atoms with E-state index in [4.69, 9.17) is 9.47 Å². The van der Waals surface area contributed by atoms with E-state index in [1.807, 2.05) is 31.2 Å². The minimum Gasteiger partial charge on any atom is -0.492 e. The van der Waals surface area contributed by atoms with Gasteiger partial charge in [-0.15, -0.1) is 0 Å². The monoisotopic (exact) mass is 443 g/mol. The highest BCUT2D eigenvalue weighted by Gasteiger charge is 2.28. The number of allylic oxidation sites excluding steroid dienone is 3. The molecule has 2 aliphatic heterocycles. The maximum atomic E-state index is 12.9. The number of hydrogen-bond donors (Lipinski definition) is 2. The van der Waals surface area contributed by atoms with Crippen LogP contribution in [0.2, 0.25) is 0 Å². The molecule has 1 aromatic carbocycles. The number of carbonyl (C=O) groups excluding carboxylic acids is 2. The van der Waals surface area contributed by atoms with E-state index in [0.29, 0.717) is 24.6 Å². The molecule has 1 aliphatic carbocycles. The quantitative estimate of drug-likeness (QED) is 0.651. The van der Waals surface area contributed by atoms with Gasteiger partial charge in [0.15, 0.2) is 6.10 Å². The number of piperidine rings is 1. The molecule has 1 unspecified atom stereocenters. The summed E-state index contributed by atoms with van der Waals surface area (Å²) < 4.78 is 13.5. The van der Waals surface area contributed by atoms with Crippen LogP contribution in [0.5, 0.6) is 5.75 Å². The zero-order valence-electron chi connectivity index (χ0n) is 18.0. The highest BCUT2D eigenvalue weighted by atomic mass is 32.2. The van der Waals surface area contributed by atoms with Crippen LogP contribution >= 0.6 is 11.9 Å². The van der Waals surface area contributed by atoms with Gasteiger partial charge in [0.25, 0.3) is 5.91 Å². The van der Waals surface area contributed by atoms with Gasteiger partial charge >= 0.3 is 0 Å². The molecule has 1 saturated heterocycles.